The fraction of sp³-hybridized carbons (Fsp3) is 0.136. The van der Waals surface area contributed by atoms with Gasteiger partial charge in [-0.3, -0.25) is 0 Å². The quantitative estimate of drug-likeness (QED) is 0.419. The third kappa shape index (κ3) is 3.56. The van der Waals surface area contributed by atoms with Gasteiger partial charge in [0.2, 0.25) is 11.6 Å². The Balaban J connectivity index is 1.68. The second-order valence-corrected chi connectivity index (χ2v) is 6.94. The number of rotatable bonds is 5. The SMILES string of the molecule is [C-]#[N+]c1cnc(N[C@H](C)c2ccc(C(=O)O)cc2)nc1-c1c[nH]c2ncc(C)cc12. The maximum absolute atomic E-state index is 11.0. The lowest BCUT2D eigenvalue weighted by Crippen LogP contribution is -2.10. The van der Waals surface area contributed by atoms with E-state index in [-0.39, 0.29) is 11.6 Å². The van der Waals surface area contributed by atoms with Crippen LogP contribution < -0.4 is 5.32 Å². The van der Waals surface area contributed by atoms with Crippen LogP contribution in [0.2, 0.25) is 0 Å². The van der Waals surface area contributed by atoms with Gasteiger partial charge in [-0.2, -0.15) is 0 Å². The predicted molar refractivity (Wildman–Crippen MR) is 114 cm³/mol. The first-order chi connectivity index (χ1) is 14.5. The number of nitrogens with zero attached hydrogens (tertiary/aromatic N) is 4. The lowest BCUT2D eigenvalue weighted by atomic mass is 10.1. The number of nitrogens with one attached hydrogen (secondary N) is 2. The van der Waals surface area contributed by atoms with Crippen LogP contribution in [0.1, 0.15) is 34.5 Å². The van der Waals surface area contributed by atoms with Gasteiger partial charge in [0, 0.05) is 29.5 Å². The highest BCUT2D eigenvalue weighted by Crippen LogP contribution is 2.34. The molecule has 0 radical (unpaired) electrons. The third-order valence-corrected chi connectivity index (χ3v) is 4.82. The number of anilines is 1. The number of carbonyl (C=O) groups is 1. The molecule has 4 aromatic rings. The van der Waals surface area contributed by atoms with Gasteiger partial charge in [0.15, 0.2) is 0 Å². The predicted octanol–water partition coefficient (Wildman–Crippen LogP) is 4.75. The summed E-state index contributed by atoms with van der Waals surface area (Å²) in [6.07, 6.45) is 5.08. The Kier molecular flexibility index (Phi) is 4.86. The lowest BCUT2D eigenvalue weighted by molar-refractivity contribution is 0.0697. The minimum atomic E-state index is -0.965. The van der Waals surface area contributed by atoms with Crippen LogP contribution in [-0.4, -0.2) is 31.0 Å². The Morgan fingerprint density at radius 3 is 2.70 bits per heavy atom. The zero-order valence-electron chi connectivity index (χ0n) is 16.3. The average molecular weight is 398 g/mol. The molecule has 0 aliphatic carbocycles. The Morgan fingerprint density at radius 1 is 1.23 bits per heavy atom. The molecule has 0 fully saturated rings. The summed E-state index contributed by atoms with van der Waals surface area (Å²) in [5, 5.41) is 13.2. The average Bonchev–Trinajstić information content (AvgIpc) is 3.16. The van der Waals surface area contributed by atoms with Crippen LogP contribution in [0.25, 0.3) is 27.1 Å². The molecule has 3 N–H and O–H groups in total. The molecule has 3 heterocycles. The van der Waals surface area contributed by atoms with Gasteiger partial charge in [0.1, 0.15) is 5.65 Å². The normalized spacial score (nSPS) is 11.8. The van der Waals surface area contributed by atoms with Crippen molar-refractivity contribution < 1.29 is 9.90 Å². The maximum atomic E-state index is 11.0. The zero-order valence-corrected chi connectivity index (χ0v) is 16.3. The van der Waals surface area contributed by atoms with Crippen LogP contribution >= 0.6 is 0 Å². The number of aryl methyl sites for hydroxylation is 1. The highest BCUT2D eigenvalue weighted by Gasteiger charge is 2.16. The minimum absolute atomic E-state index is 0.161. The fourth-order valence-electron chi connectivity index (χ4n) is 3.22. The molecule has 4 rings (SSSR count). The first-order valence-electron chi connectivity index (χ1n) is 9.24. The number of hydrogen-bond donors (Lipinski definition) is 3. The van der Waals surface area contributed by atoms with Gasteiger partial charge >= 0.3 is 5.97 Å². The van der Waals surface area contributed by atoms with Crippen molar-refractivity contribution in [2.24, 2.45) is 0 Å². The molecule has 0 saturated carbocycles. The molecule has 0 aliphatic rings. The number of aromatic nitrogens is 4. The van der Waals surface area contributed by atoms with E-state index < -0.39 is 5.97 Å². The second-order valence-electron chi connectivity index (χ2n) is 6.94. The van der Waals surface area contributed by atoms with Gasteiger partial charge in [0.25, 0.3) is 0 Å². The molecule has 8 nitrogen and oxygen atoms in total. The molecule has 1 aromatic carbocycles. The minimum Gasteiger partial charge on any atom is -0.478 e. The van der Waals surface area contributed by atoms with Crippen molar-refractivity contribution in [1.29, 1.82) is 0 Å². The number of fused-ring (bicyclic) bond motifs is 1. The zero-order chi connectivity index (χ0) is 21.3. The highest BCUT2D eigenvalue weighted by molar-refractivity contribution is 5.96. The molecule has 0 saturated heterocycles. The number of aromatic carboxylic acids is 1. The first kappa shape index (κ1) is 19.1. The molecule has 30 heavy (non-hydrogen) atoms. The van der Waals surface area contributed by atoms with Crippen LogP contribution in [0.4, 0.5) is 11.6 Å². The van der Waals surface area contributed by atoms with Gasteiger partial charge in [-0.15, -0.1) is 0 Å². The van der Waals surface area contributed by atoms with Crippen molar-refractivity contribution in [3.05, 3.63) is 77.0 Å². The molecule has 0 unspecified atom stereocenters. The molecule has 0 aliphatic heterocycles. The molecule has 0 spiro atoms. The summed E-state index contributed by atoms with van der Waals surface area (Å²) < 4.78 is 0. The molecule has 0 amide bonds. The van der Waals surface area contributed by atoms with Crippen molar-refractivity contribution in [1.82, 2.24) is 19.9 Å². The van der Waals surface area contributed by atoms with Crippen molar-refractivity contribution in [2.45, 2.75) is 19.9 Å². The smallest absolute Gasteiger partial charge is 0.335 e. The van der Waals surface area contributed by atoms with Crippen molar-refractivity contribution in [2.75, 3.05) is 5.32 Å². The van der Waals surface area contributed by atoms with E-state index in [2.05, 4.69) is 30.1 Å². The second kappa shape index (κ2) is 7.64. The van der Waals surface area contributed by atoms with Crippen molar-refractivity contribution in [3.8, 4) is 11.3 Å². The van der Waals surface area contributed by atoms with E-state index >= 15 is 0 Å². The molecule has 0 bridgehead atoms. The van der Waals surface area contributed by atoms with Crippen molar-refractivity contribution in [3.63, 3.8) is 0 Å². The summed E-state index contributed by atoms with van der Waals surface area (Å²) in [5.74, 6) is -0.588. The van der Waals surface area contributed by atoms with E-state index in [1.807, 2.05) is 19.9 Å². The van der Waals surface area contributed by atoms with E-state index in [1.54, 1.807) is 36.7 Å². The summed E-state index contributed by atoms with van der Waals surface area (Å²) in [5.41, 5.74) is 4.53. The van der Waals surface area contributed by atoms with Crippen molar-refractivity contribution >= 4 is 28.6 Å². The molecule has 148 valence electrons. The summed E-state index contributed by atoms with van der Waals surface area (Å²) in [6.45, 7) is 11.4. The molecule has 1 atom stereocenters. The number of H-pyrrole nitrogens is 1. The van der Waals surface area contributed by atoms with Gasteiger partial charge in [0.05, 0.1) is 23.9 Å². The van der Waals surface area contributed by atoms with Crippen LogP contribution in [-0.2, 0) is 0 Å². The van der Waals surface area contributed by atoms with Crippen LogP contribution in [0.15, 0.2) is 48.9 Å². The number of hydrogen-bond acceptors (Lipinski definition) is 5. The Hall–Kier alpha value is -4.25. The first-order valence-corrected chi connectivity index (χ1v) is 9.24. The summed E-state index contributed by atoms with van der Waals surface area (Å²) in [7, 11) is 0. The van der Waals surface area contributed by atoms with E-state index in [1.165, 1.54) is 6.20 Å². The Bertz CT molecular complexity index is 1290. The van der Waals surface area contributed by atoms with Crippen LogP contribution in [0, 0.1) is 13.5 Å². The maximum Gasteiger partial charge on any atom is 0.335 e. The van der Waals surface area contributed by atoms with E-state index in [0.29, 0.717) is 17.3 Å². The number of aromatic amines is 1. The highest BCUT2D eigenvalue weighted by atomic mass is 16.4. The standard InChI is InChI=1S/C22H18N6O2/c1-12-8-16-17(10-25-20(16)24-9-12)19-18(23-3)11-26-22(28-19)27-13(2)14-4-6-15(7-5-14)21(29)30/h4-11,13H,1-2H3,(H,24,25)(H,29,30)(H,26,27,28)/t13-/m1/s1. The van der Waals surface area contributed by atoms with Gasteiger partial charge in [-0.1, -0.05) is 12.1 Å². The fourth-order valence-corrected chi connectivity index (χ4v) is 3.22. The summed E-state index contributed by atoms with van der Waals surface area (Å²) in [4.78, 5) is 31.0. The van der Waals surface area contributed by atoms with Crippen LogP contribution in [0.3, 0.4) is 0 Å². The topological polar surface area (TPSA) is 108 Å². The molecule has 3 aromatic heterocycles. The van der Waals surface area contributed by atoms with Gasteiger partial charge < -0.3 is 15.4 Å². The largest absolute Gasteiger partial charge is 0.478 e. The third-order valence-electron chi connectivity index (χ3n) is 4.82. The molecule has 8 heteroatoms. The molecular weight excluding hydrogens is 380 g/mol. The monoisotopic (exact) mass is 398 g/mol. The van der Waals surface area contributed by atoms with Gasteiger partial charge in [-0.25, -0.2) is 24.6 Å². The Morgan fingerprint density at radius 2 is 2.00 bits per heavy atom. The Labute approximate surface area is 172 Å². The number of benzene rings is 1. The van der Waals surface area contributed by atoms with E-state index in [0.717, 1.165) is 27.7 Å². The number of pyridine rings is 1. The lowest BCUT2D eigenvalue weighted by Gasteiger charge is -2.15. The molecular formula is C22H18N6O2. The number of carboxylic acids is 1. The van der Waals surface area contributed by atoms with Gasteiger partial charge in [-0.05, 0) is 43.2 Å². The summed E-state index contributed by atoms with van der Waals surface area (Å²) >= 11 is 0. The van der Waals surface area contributed by atoms with E-state index in [9.17, 15) is 4.79 Å². The van der Waals surface area contributed by atoms with E-state index in [4.69, 9.17) is 11.7 Å². The van der Waals surface area contributed by atoms with Crippen LogP contribution in [0.5, 0.6) is 0 Å². The number of carboxylic acid groups (broad SMARTS) is 1. The summed E-state index contributed by atoms with van der Waals surface area (Å²) in [6, 6.07) is 8.47.